The number of rotatable bonds is 8. The van der Waals surface area contributed by atoms with Gasteiger partial charge in [-0.2, -0.15) is 4.98 Å². The fourth-order valence-electron chi connectivity index (χ4n) is 3.01. The summed E-state index contributed by atoms with van der Waals surface area (Å²) in [5, 5.41) is 6.76. The van der Waals surface area contributed by atoms with Gasteiger partial charge < -0.3 is 19.5 Å². The van der Waals surface area contributed by atoms with Crippen molar-refractivity contribution in [3.63, 3.8) is 0 Å². The summed E-state index contributed by atoms with van der Waals surface area (Å²) in [4.78, 5) is 35.6. The zero-order chi connectivity index (χ0) is 22.4. The standard InChI is InChI=1S/C22H25N5O4/c1-14(2)19(25-21(28)16-9-5-6-10-17(16)30-4)22(29)27(3)13-18-24-20(26-31-18)15-8-7-11-23-12-15/h5-12,14,19H,13H2,1-4H3,(H,25,28)/t19-/m0/s1. The molecule has 1 N–H and O–H groups in total. The van der Waals surface area contributed by atoms with Crippen LogP contribution in [0.4, 0.5) is 0 Å². The Hall–Kier alpha value is -3.75. The van der Waals surface area contributed by atoms with Gasteiger partial charge in [-0.15, -0.1) is 0 Å². The predicted molar refractivity (Wildman–Crippen MR) is 113 cm³/mol. The maximum atomic E-state index is 13.1. The third-order valence-electron chi connectivity index (χ3n) is 4.71. The summed E-state index contributed by atoms with van der Waals surface area (Å²) in [5.74, 6) is 0.343. The van der Waals surface area contributed by atoms with E-state index in [4.69, 9.17) is 9.26 Å². The van der Waals surface area contributed by atoms with Gasteiger partial charge in [0.25, 0.3) is 5.91 Å². The number of carbonyl (C=O) groups is 2. The van der Waals surface area contributed by atoms with Crippen LogP contribution in [-0.4, -0.2) is 52.0 Å². The Bertz CT molecular complexity index is 1040. The van der Waals surface area contributed by atoms with E-state index in [1.54, 1.807) is 49.8 Å². The van der Waals surface area contributed by atoms with Crippen LogP contribution in [0.2, 0.25) is 0 Å². The Morgan fingerprint density at radius 3 is 2.65 bits per heavy atom. The Morgan fingerprint density at radius 1 is 1.19 bits per heavy atom. The Labute approximate surface area is 180 Å². The highest BCUT2D eigenvalue weighted by Crippen LogP contribution is 2.19. The smallest absolute Gasteiger partial charge is 0.255 e. The molecule has 2 aromatic heterocycles. The molecule has 0 aliphatic heterocycles. The molecule has 31 heavy (non-hydrogen) atoms. The minimum atomic E-state index is -0.733. The SMILES string of the molecule is COc1ccccc1C(=O)N[C@H](C(=O)N(C)Cc1nc(-c2cccnc2)no1)C(C)C. The van der Waals surface area contributed by atoms with Crippen LogP contribution in [0.3, 0.4) is 0 Å². The van der Waals surface area contributed by atoms with Gasteiger partial charge in [0.05, 0.1) is 19.2 Å². The van der Waals surface area contributed by atoms with Crippen molar-refractivity contribution in [2.45, 2.75) is 26.4 Å². The minimum Gasteiger partial charge on any atom is -0.496 e. The van der Waals surface area contributed by atoms with Crippen LogP contribution in [-0.2, 0) is 11.3 Å². The van der Waals surface area contributed by atoms with Gasteiger partial charge in [-0.1, -0.05) is 31.1 Å². The highest BCUT2D eigenvalue weighted by molar-refractivity contribution is 5.99. The quantitative estimate of drug-likeness (QED) is 0.593. The molecule has 2 heterocycles. The fraction of sp³-hybridized carbons (Fsp3) is 0.318. The van der Waals surface area contributed by atoms with Gasteiger partial charge >= 0.3 is 0 Å². The highest BCUT2D eigenvalue weighted by atomic mass is 16.5. The second-order valence-electron chi connectivity index (χ2n) is 7.34. The number of ether oxygens (including phenoxy) is 1. The number of nitrogens with one attached hydrogen (secondary N) is 1. The number of carbonyl (C=O) groups excluding carboxylic acids is 2. The van der Waals surface area contributed by atoms with Crippen molar-refractivity contribution in [2.24, 2.45) is 5.92 Å². The summed E-state index contributed by atoms with van der Waals surface area (Å²) in [7, 11) is 3.12. The molecular formula is C22H25N5O4. The summed E-state index contributed by atoms with van der Waals surface area (Å²) in [5.41, 5.74) is 1.08. The normalized spacial score (nSPS) is 11.8. The molecule has 9 nitrogen and oxygen atoms in total. The molecule has 0 bridgehead atoms. The number of likely N-dealkylation sites (N-methyl/N-ethyl adjacent to an activating group) is 1. The number of hydrogen-bond acceptors (Lipinski definition) is 7. The largest absolute Gasteiger partial charge is 0.496 e. The van der Waals surface area contributed by atoms with Gasteiger partial charge in [0.1, 0.15) is 11.8 Å². The molecule has 0 unspecified atom stereocenters. The zero-order valence-electron chi connectivity index (χ0n) is 17.9. The fourth-order valence-corrected chi connectivity index (χ4v) is 3.01. The van der Waals surface area contributed by atoms with Gasteiger partial charge in [0.15, 0.2) is 0 Å². The number of methoxy groups -OCH3 is 1. The Kier molecular flexibility index (Phi) is 6.96. The lowest BCUT2D eigenvalue weighted by molar-refractivity contribution is -0.133. The predicted octanol–water partition coefficient (Wildman–Crippen LogP) is 2.55. The van der Waals surface area contributed by atoms with Gasteiger partial charge in [0, 0.05) is 25.0 Å². The van der Waals surface area contributed by atoms with E-state index in [0.717, 1.165) is 5.56 Å². The van der Waals surface area contributed by atoms with Crippen molar-refractivity contribution in [1.29, 1.82) is 0 Å². The summed E-state index contributed by atoms with van der Waals surface area (Å²) in [6.07, 6.45) is 3.29. The van der Waals surface area contributed by atoms with Crippen LogP contribution in [0.5, 0.6) is 5.75 Å². The summed E-state index contributed by atoms with van der Waals surface area (Å²) < 4.78 is 10.5. The Morgan fingerprint density at radius 2 is 1.97 bits per heavy atom. The first-order valence-corrected chi connectivity index (χ1v) is 9.82. The molecule has 0 spiro atoms. The van der Waals surface area contributed by atoms with Crippen LogP contribution < -0.4 is 10.1 Å². The number of amides is 2. The third-order valence-corrected chi connectivity index (χ3v) is 4.71. The molecule has 162 valence electrons. The van der Waals surface area contributed by atoms with E-state index in [2.05, 4.69) is 20.4 Å². The van der Waals surface area contributed by atoms with Gasteiger partial charge in [0.2, 0.25) is 17.6 Å². The number of para-hydroxylation sites is 1. The number of pyridine rings is 1. The van der Waals surface area contributed by atoms with E-state index >= 15 is 0 Å². The monoisotopic (exact) mass is 423 g/mol. The van der Waals surface area contributed by atoms with Crippen LogP contribution in [0.1, 0.15) is 30.1 Å². The van der Waals surface area contributed by atoms with E-state index in [9.17, 15) is 9.59 Å². The first-order chi connectivity index (χ1) is 14.9. The number of aromatic nitrogens is 3. The third kappa shape index (κ3) is 5.25. The van der Waals surface area contributed by atoms with Crippen LogP contribution >= 0.6 is 0 Å². The average molecular weight is 423 g/mol. The summed E-state index contributed by atoms with van der Waals surface area (Å²) >= 11 is 0. The molecule has 9 heteroatoms. The molecule has 3 aromatic rings. The van der Waals surface area contributed by atoms with Crippen LogP contribution in [0.15, 0.2) is 53.3 Å². The summed E-state index contributed by atoms with van der Waals surface area (Å²) in [6.45, 7) is 3.85. The van der Waals surface area contributed by atoms with Crippen LogP contribution in [0, 0.1) is 5.92 Å². The maximum Gasteiger partial charge on any atom is 0.255 e. The average Bonchev–Trinajstić information content (AvgIpc) is 3.25. The van der Waals surface area contributed by atoms with E-state index in [1.807, 2.05) is 19.9 Å². The molecule has 1 aromatic carbocycles. The van der Waals surface area contributed by atoms with Crippen molar-refractivity contribution in [1.82, 2.24) is 25.3 Å². The van der Waals surface area contributed by atoms with Crippen molar-refractivity contribution in [3.8, 4) is 17.1 Å². The van der Waals surface area contributed by atoms with E-state index in [-0.39, 0.29) is 30.2 Å². The first kappa shape index (κ1) is 21.9. The second kappa shape index (κ2) is 9.84. The van der Waals surface area contributed by atoms with E-state index in [0.29, 0.717) is 17.1 Å². The molecule has 0 fully saturated rings. The zero-order valence-corrected chi connectivity index (χ0v) is 17.9. The van der Waals surface area contributed by atoms with Gasteiger partial charge in [-0.25, -0.2) is 0 Å². The van der Waals surface area contributed by atoms with E-state index < -0.39 is 6.04 Å². The number of benzene rings is 1. The highest BCUT2D eigenvalue weighted by Gasteiger charge is 2.29. The lowest BCUT2D eigenvalue weighted by Crippen LogP contribution is -2.50. The molecule has 2 amide bonds. The first-order valence-electron chi connectivity index (χ1n) is 9.82. The maximum absolute atomic E-state index is 13.1. The van der Waals surface area contributed by atoms with Crippen molar-refractivity contribution >= 4 is 11.8 Å². The molecule has 0 aliphatic carbocycles. The lowest BCUT2D eigenvalue weighted by atomic mass is 10.0. The van der Waals surface area contributed by atoms with Crippen molar-refractivity contribution < 1.29 is 18.8 Å². The number of hydrogen-bond donors (Lipinski definition) is 1. The molecule has 0 saturated carbocycles. The Balaban J connectivity index is 1.70. The molecular weight excluding hydrogens is 398 g/mol. The number of nitrogens with zero attached hydrogens (tertiary/aromatic N) is 4. The lowest BCUT2D eigenvalue weighted by Gasteiger charge is -2.26. The molecule has 1 atom stereocenters. The van der Waals surface area contributed by atoms with Crippen LogP contribution in [0.25, 0.3) is 11.4 Å². The molecule has 0 saturated heterocycles. The van der Waals surface area contributed by atoms with Crippen molar-refractivity contribution in [2.75, 3.05) is 14.2 Å². The summed E-state index contributed by atoms with van der Waals surface area (Å²) in [6, 6.07) is 9.73. The molecule has 0 aliphatic rings. The topological polar surface area (TPSA) is 110 Å². The van der Waals surface area contributed by atoms with Crippen molar-refractivity contribution in [3.05, 3.63) is 60.2 Å². The second-order valence-corrected chi connectivity index (χ2v) is 7.34. The molecule has 0 radical (unpaired) electrons. The minimum absolute atomic E-state index is 0.111. The molecule has 3 rings (SSSR count). The van der Waals surface area contributed by atoms with E-state index in [1.165, 1.54) is 12.0 Å². The van der Waals surface area contributed by atoms with Gasteiger partial charge in [-0.05, 0) is 30.2 Å². The van der Waals surface area contributed by atoms with Gasteiger partial charge in [-0.3, -0.25) is 14.6 Å².